The summed E-state index contributed by atoms with van der Waals surface area (Å²) in [7, 11) is 0. The van der Waals surface area contributed by atoms with Crippen molar-refractivity contribution >= 4 is 11.6 Å². The van der Waals surface area contributed by atoms with Gasteiger partial charge in [0.25, 0.3) is 5.91 Å². The second-order valence-electron chi connectivity index (χ2n) is 5.59. The Hall–Kier alpha value is -1.72. The molecular weight excluding hydrogens is 269 g/mol. The zero-order chi connectivity index (χ0) is 14.5. The van der Waals surface area contributed by atoms with E-state index in [1.165, 1.54) is 0 Å². The molecule has 1 aliphatic carbocycles. The number of piperidine rings is 1. The number of nitrogens with zero attached hydrogens (tertiary/aromatic N) is 1. The molecule has 108 valence electrons. The van der Waals surface area contributed by atoms with E-state index in [1.54, 1.807) is 4.90 Å². The highest BCUT2D eigenvalue weighted by atomic mass is 19.4. The van der Waals surface area contributed by atoms with Crippen LogP contribution in [0.5, 0.6) is 0 Å². The second-order valence-corrected chi connectivity index (χ2v) is 5.59. The summed E-state index contributed by atoms with van der Waals surface area (Å²) in [5, 5.41) is 0. The van der Waals surface area contributed by atoms with Gasteiger partial charge in [-0.1, -0.05) is 0 Å². The molecule has 1 amide bonds. The van der Waals surface area contributed by atoms with Crippen molar-refractivity contribution in [3.05, 3.63) is 29.3 Å². The van der Waals surface area contributed by atoms with E-state index in [0.717, 1.165) is 37.5 Å². The molecule has 2 bridgehead atoms. The Kier molecular flexibility index (Phi) is 2.92. The monoisotopic (exact) mass is 284 g/mol. The lowest BCUT2D eigenvalue weighted by molar-refractivity contribution is -0.137. The van der Waals surface area contributed by atoms with Crippen molar-refractivity contribution in [3.63, 3.8) is 0 Å². The molecule has 1 aliphatic heterocycles. The minimum absolute atomic E-state index is 0.0348. The van der Waals surface area contributed by atoms with Gasteiger partial charge >= 0.3 is 6.18 Å². The van der Waals surface area contributed by atoms with Gasteiger partial charge in [0, 0.05) is 18.3 Å². The molecule has 0 aromatic heterocycles. The Morgan fingerprint density at radius 3 is 2.60 bits per heavy atom. The number of fused-ring (bicyclic) bond motifs is 2. The Bertz CT molecular complexity index is 556. The molecule has 2 fully saturated rings. The molecule has 1 heterocycles. The van der Waals surface area contributed by atoms with Crippen LogP contribution in [0.1, 0.15) is 35.2 Å². The predicted molar refractivity (Wildman–Crippen MR) is 68.0 cm³/mol. The third-order valence-corrected chi connectivity index (χ3v) is 4.28. The maximum absolute atomic E-state index is 12.7. The minimum atomic E-state index is -4.47. The quantitative estimate of drug-likeness (QED) is 0.806. The first-order valence-electron chi connectivity index (χ1n) is 6.64. The van der Waals surface area contributed by atoms with Gasteiger partial charge in [0.2, 0.25) is 0 Å². The summed E-state index contributed by atoms with van der Waals surface area (Å²) in [4.78, 5) is 14.1. The lowest BCUT2D eigenvalue weighted by Crippen LogP contribution is -2.38. The van der Waals surface area contributed by atoms with Crippen LogP contribution in [0, 0.1) is 5.92 Å². The molecule has 3 rings (SSSR count). The summed E-state index contributed by atoms with van der Waals surface area (Å²) < 4.78 is 38.2. The number of likely N-dealkylation sites (tertiary alicyclic amines) is 1. The van der Waals surface area contributed by atoms with Gasteiger partial charge in [0.1, 0.15) is 0 Å². The van der Waals surface area contributed by atoms with Gasteiger partial charge in [-0.15, -0.1) is 0 Å². The summed E-state index contributed by atoms with van der Waals surface area (Å²) >= 11 is 0. The molecule has 20 heavy (non-hydrogen) atoms. The number of nitrogens with two attached hydrogens (primary N) is 1. The van der Waals surface area contributed by atoms with E-state index < -0.39 is 11.7 Å². The minimum Gasteiger partial charge on any atom is -0.398 e. The normalized spacial score (nSPS) is 25.2. The molecular formula is C14H15F3N2O. The second kappa shape index (κ2) is 4.40. The fraction of sp³-hybridized carbons (Fsp3) is 0.500. The molecule has 1 saturated carbocycles. The Morgan fingerprint density at radius 2 is 2.05 bits per heavy atom. The van der Waals surface area contributed by atoms with Crippen LogP contribution in [0.3, 0.4) is 0 Å². The zero-order valence-electron chi connectivity index (χ0n) is 10.8. The Morgan fingerprint density at radius 1 is 1.30 bits per heavy atom. The van der Waals surface area contributed by atoms with Gasteiger partial charge in [0.05, 0.1) is 11.1 Å². The van der Waals surface area contributed by atoms with Crippen molar-refractivity contribution in [3.8, 4) is 0 Å². The fourth-order valence-corrected chi connectivity index (χ4v) is 3.25. The van der Waals surface area contributed by atoms with Crippen molar-refractivity contribution in [2.24, 2.45) is 5.92 Å². The van der Waals surface area contributed by atoms with Crippen molar-refractivity contribution in [2.45, 2.75) is 31.5 Å². The predicted octanol–water partition coefficient (Wildman–Crippen LogP) is 2.91. The van der Waals surface area contributed by atoms with Crippen molar-refractivity contribution in [1.82, 2.24) is 4.90 Å². The lowest BCUT2D eigenvalue weighted by atomic mass is 10.0. The molecule has 0 radical (unpaired) electrons. The topological polar surface area (TPSA) is 46.3 Å². The number of nitrogen functional groups attached to an aromatic ring is 1. The number of carbonyl (C=O) groups is 1. The van der Waals surface area contributed by atoms with Gasteiger partial charge in [0.15, 0.2) is 0 Å². The van der Waals surface area contributed by atoms with Crippen molar-refractivity contribution in [1.29, 1.82) is 0 Å². The first-order chi connectivity index (χ1) is 9.36. The van der Waals surface area contributed by atoms with Gasteiger partial charge in [-0.3, -0.25) is 4.79 Å². The number of carbonyl (C=O) groups excluding carboxylic acids is 1. The zero-order valence-corrected chi connectivity index (χ0v) is 10.8. The van der Waals surface area contributed by atoms with Gasteiger partial charge in [-0.25, -0.2) is 0 Å². The SMILES string of the molecule is Nc1ccc(C(F)(F)F)cc1C(=O)N1CC2CCC1C2. The van der Waals surface area contributed by atoms with Crippen molar-refractivity contribution in [2.75, 3.05) is 12.3 Å². The summed E-state index contributed by atoms with van der Waals surface area (Å²) in [5.74, 6) is 0.122. The van der Waals surface area contributed by atoms with E-state index in [2.05, 4.69) is 0 Å². The van der Waals surface area contributed by atoms with Crippen LogP contribution in [-0.2, 0) is 6.18 Å². The molecule has 1 aromatic rings. The molecule has 2 aliphatic rings. The molecule has 2 N–H and O–H groups in total. The van der Waals surface area contributed by atoms with Gasteiger partial charge < -0.3 is 10.6 Å². The molecule has 0 spiro atoms. The van der Waals surface area contributed by atoms with Crippen LogP contribution < -0.4 is 5.73 Å². The molecule has 3 nitrogen and oxygen atoms in total. The number of anilines is 1. The largest absolute Gasteiger partial charge is 0.416 e. The summed E-state index contributed by atoms with van der Waals surface area (Å²) in [6.45, 7) is 0.638. The number of alkyl halides is 3. The van der Waals surface area contributed by atoms with Gasteiger partial charge in [-0.2, -0.15) is 13.2 Å². The summed E-state index contributed by atoms with van der Waals surface area (Å²) in [6.07, 6.45) is -1.46. The van der Waals surface area contributed by atoms with E-state index in [0.29, 0.717) is 12.5 Å². The number of benzene rings is 1. The number of hydrogen-bond donors (Lipinski definition) is 1. The molecule has 1 aromatic carbocycles. The molecule has 6 heteroatoms. The van der Waals surface area contributed by atoms with Crippen LogP contribution >= 0.6 is 0 Å². The van der Waals surface area contributed by atoms with Crippen LogP contribution in [0.15, 0.2) is 18.2 Å². The molecule has 1 saturated heterocycles. The number of amides is 1. The molecule has 2 atom stereocenters. The third-order valence-electron chi connectivity index (χ3n) is 4.28. The van der Waals surface area contributed by atoms with E-state index in [4.69, 9.17) is 5.73 Å². The first-order valence-corrected chi connectivity index (χ1v) is 6.64. The Labute approximate surface area is 114 Å². The number of hydrogen-bond acceptors (Lipinski definition) is 2. The maximum Gasteiger partial charge on any atom is 0.416 e. The van der Waals surface area contributed by atoms with Crippen LogP contribution in [0.4, 0.5) is 18.9 Å². The summed E-state index contributed by atoms with van der Waals surface area (Å²) in [6, 6.07) is 3.09. The highest BCUT2D eigenvalue weighted by molar-refractivity contribution is 5.99. The molecule has 2 unspecified atom stereocenters. The van der Waals surface area contributed by atoms with Crippen LogP contribution in [-0.4, -0.2) is 23.4 Å². The first kappa shape index (κ1) is 13.3. The standard InChI is InChI=1S/C14H15F3N2O/c15-14(16,17)9-2-4-12(18)11(6-9)13(20)19-7-8-1-3-10(19)5-8/h2,4,6,8,10H,1,3,5,7,18H2. The van der Waals surface area contributed by atoms with E-state index in [1.807, 2.05) is 0 Å². The fourth-order valence-electron chi connectivity index (χ4n) is 3.25. The average Bonchev–Trinajstić information content (AvgIpc) is 2.99. The van der Waals surface area contributed by atoms with E-state index in [-0.39, 0.29) is 23.2 Å². The lowest BCUT2D eigenvalue weighted by Gasteiger charge is -2.27. The highest BCUT2D eigenvalue weighted by Gasteiger charge is 2.41. The smallest absolute Gasteiger partial charge is 0.398 e. The van der Waals surface area contributed by atoms with E-state index >= 15 is 0 Å². The van der Waals surface area contributed by atoms with Gasteiger partial charge in [-0.05, 0) is 43.4 Å². The van der Waals surface area contributed by atoms with Crippen LogP contribution in [0.2, 0.25) is 0 Å². The van der Waals surface area contributed by atoms with E-state index in [9.17, 15) is 18.0 Å². The summed E-state index contributed by atoms with van der Waals surface area (Å²) in [5.41, 5.74) is 4.92. The average molecular weight is 284 g/mol. The number of halogens is 3. The highest BCUT2D eigenvalue weighted by Crippen LogP contribution is 2.39. The maximum atomic E-state index is 12.7. The third kappa shape index (κ3) is 2.13. The number of rotatable bonds is 1. The van der Waals surface area contributed by atoms with Crippen molar-refractivity contribution < 1.29 is 18.0 Å². The van der Waals surface area contributed by atoms with Crippen LogP contribution in [0.25, 0.3) is 0 Å². The Balaban J connectivity index is 1.91.